The lowest BCUT2D eigenvalue weighted by Crippen LogP contribution is -2.40. The van der Waals surface area contributed by atoms with Gasteiger partial charge in [0.05, 0.1) is 24.9 Å². The van der Waals surface area contributed by atoms with Crippen molar-refractivity contribution < 1.29 is 19.1 Å². The Morgan fingerprint density at radius 3 is 2.08 bits per heavy atom. The van der Waals surface area contributed by atoms with Crippen LogP contribution in [0.3, 0.4) is 0 Å². The Morgan fingerprint density at radius 1 is 1.04 bits per heavy atom. The Kier molecular flexibility index (Phi) is 9.13. The number of carbonyl (C=O) groups excluding carboxylic acids is 2. The van der Waals surface area contributed by atoms with Crippen LogP contribution in [0.15, 0.2) is 12.1 Å². The van der Waals surface area contributed by atoms with Gasteiger partial charge >= 0.3 is 11.8 Å². The molecule has 1 rings (SSSR count). The van der Waals surface area contributed by atoms with E-state index in [0.29, 0.717) is 35.3 Å². The standard InChI is InChI=1S/C18H27ClN2O4/c1-5-7-9-21(10-8-6-2)18(23)17(22)20-14-12-15(24-3)13(19)11-16(14)25-4/h11-12H,5-10H2,1-4H3,(H,20,22). The lowest BCUT2D eigenvalue weighted by Gasteiger charge is -2.22. The van der Waals surface area contributed by atoms with Crippen molar-refractivity contribution >= 4 is 29.1 Å². The summed E-state index contributed by atoms with van der Waals surface area (Å²) in [7, 11) is 2.94. The fourth-order valence-corrected chi connectivity index (χ4v) is 2.52. The molecule has 0 spiro atoms. The number of hydrogen-bond acceptors (Lipinski definition) is 4. The van der Waals surface area contributed by atoms with Crippen molar-refractivity contribution in [1.82, 2.24) is 4.90 Å². The van der Waals surface area contributed by atoms with Crippen LogP contribution in [0.4, 0.5) is 5.69 Å². The van der Waals surface area contributed by atoms with Gasteiger partial charge in [-0.25, -0.2) is 0 Å². The monoisotopic (exact) mass is 370 g/mol. The van der Waals surface area contributed by atoms with Crippen LogP contribution in [0.1, 0.15) is 39.5 Å². The van der Waals surface area contributed by atoms with Crippen LogP contribution >= 0.6 is 11.6 Å². The number of anilines is 1. The van der Waals surface area contributed by atoms with Gasteiger partial charge in [-0.2, -0.15) is 0 Å². The summed E-state index contributed by atoms with van der Waals surface area (Å²) in [5.74, 6) is -0.493. The molecule has 0 radical (unpaired) electrons. The predicted molar refractivity (Wildman–Crippen MR) is 99.6 cm³/mol. The number of ether oxygens (including phenoxy) is 2. The third kappa shape index (κ3) is 6.12. The number of carbonyl (C=O) groups is 2. The van der Waals surface area contributed by atoms with Crippen LogP contribution in [0.5, 0.6) is 11.5 Å². The third-order valence-electron chi connectivity index (χ3n) is 3.77. The number of hydrogen-bond donors (Lipinski definition) is 1. The van der Waals surface area contributed by atoms with Gasteiger partial charge in [-0.15, -0.1) is 0 Å². The fraction of sp³-hybridized carbons (Fsp3) is 0.556. The van der Waals surface area contributed by atoms with Gasteiger partial charge in [-0.3, -0.25) is 9.59 Å². The Hall–Kier alpha value is -1.95. The Balaban J connectivity index is 2.93. The molecule has 0 aliphatic heterocycles. The minimum absolute atomic E-state index is 0.341. The van der Waals surface area contributed by atoms with Crippen molar-refractivity contribution in [2.75, 3.05) is 32.6 Å². The normalized spacial score (nSPS) is 10.3. The summed E-state index contributed by atoms with van der Waals surface area (Å²) >= 11 is 6.05. The van der Waals surface area contributed by atoms with E-state index in [1.165, 1.54) is 26.4 Å². The molecule has 0 bridgehead atoms. The van der Waals surface area contributed by atoms with Gasteiger partial charge in [0.2, 0.25) is 0 Å². The Labute approximate surface area is 154 Å². The van der Waals surface area contributed by atoms with E-state index in [1.807, 2.05) is 13.8 Å². The maximum Gasteiger partial charge on any atom is 0.314 e. The largest absolute Gasteiger partial charge is 0.495 e. The van der Waals surface area contributed by atoms with E-state index in [2.05, 4.69) is 5.32 Å². The van der Waals surface area contributed by atoms with Crippen molar-refractivity contribution in [1.29, 1.82) is 0 Å². The van der Waals surface area contributed by atoms with Gasteiger partial charge in [0.25, 0.3) is 0 Å². The molecule has 25 heavy (non-hydrogen) atoms. The summed E-state index contributed by atoms with van der Waals surface area (Å²) in [6, 6.07) is 3.07. The number of benzene rings is 1. The molecule has 0 aliphatic rings. The molecule has 0 fully saturated rings. The lowest BCUT2D eigenvalue weighted by atomic mass is 10.2. The molecule has 1 N–H and O–H groups in total. The van der Waals surface area contributed by atoms with E-state index in [0.717, 1.165) is 25.7 Å². The fourth-order valence-electron chi connectivity index (χ4n) is 2.29. The van der Waals surface area contributed by atoms with Gasteiger partial charge in [-0.1, -0.05) is 38.3 Å². The van der Waals surface area contributed by atoms with Crippen molar-refractivity contribution in [3.63, 3.8) is 0 Å². The minimum Gasteiger partial charge on any atom is -0.495 e. The van der Waals surface area contributed by atoms with E-state index in [4.69, 9.17) is 21.1 Å². The molecule has 140 valence electrons. The Morgan fingerprint density at radius 2 is 1.60 bits per heavy atom. The average Bonchev–Trinajstić information content (AvgIpc) is 2.62. The van der Waals surface area contributed by atoms with Crippen molar-refractivity contribution in [3.8, 4) is 11.5 Å². The van der Waals surface area contributed by atoms with Gasteiger partial charge < -0.3 is 19.7 Å². The highest BCUT2D eigenvalue weighted by Gasteiger charge is 2.23. The molecule has 6 nitrogen and oxygen atoms in total. The van der Waals surface area contributed by atoms with E-state index in [9.17, 15) is 9.59 Å². The van der Waals surface area contributed by atoms with E-state index in [-0.39, 0.29) is 0 Å². The van der Waals surface area contributed by atoms with E-state index < -0.39 is 11.8 Å². The molecule has 0 saturated heterocycles. The van der Waals surface area contributed by atoms with Gasteiger partial charge in [0.1, 0.15) is 11.5 Å². The molecular formula is C18H27ClN2O4. The predicted octanol–water partition coefficient (Wildman–Crippen LogP) is 3.72. The second-order valence-corrected chi connectivity index (χ2v) is 6.05. The zero-order valence-corrected chi connectivity index (χ0v) is 16.1. The molecule has 0 unspecified atom stereocenters. The van der Waals surface area contributed by atoms with Crippen LogP contribution in [-0.2, 0) is 9.59 Å². The number of nitrogens with zero attached hydrogens (tertiary/aromatic N) is 1. The van der Waals surface area contributed by atoms with Gasteiger partial charge in [0.15, 0.2) is 0 Å². The molecule has 1 aromatic carbocycles. The zero-order chi connectivity index (χ0) is 18.8. The van der Waals surface area contributed by atoms with Gasteiger partial charge in [0, 0.05) is 25.2 Å². The van der Waals surface area contributed by atoms with E-state index >= 15 is 0 Å². The number of amides is 2. The summed E-state index contributed by atoms with van der Waals surface area (Å²) in [5.41, 5.74) is 0.341. The summed E-state index contributed by atoms with van der Waals surface area (Å²) < 4.78 is 10.4. The van der Waals surface area contributed by atoms with Gasteiger partial charge in [-0.05, 0) is 12.8 Å². The van der Waals surface area contributed by atoms with Crippen molar-refractivity contribution in [2.45, 2.75) is 39.5 Å². The van der Waals surface area contributed by atoms with Crippen LogP contribution in [0.2, 0.25) is 5.02 Å². The summed E-state index contributed by atoms with van der Waals surface area (Å²) in [6.45, 7) is 5.24. The first kappa shape index (κ1) is 21.1. The molecule has 0 atom stereocenters. The second-order valence-electron chi connectivity index (χ2n) is 5.64. The van der Waals surface area contributed by atoms with Crippen LogP contribution < -0.4 is 14.8 Å². The first-order valence-electron chi connectivity index (χ1n) is 8.50. The van der Waals surface area contributed by atoms with Crippen LogP contribution in [0.25, 0.3) is 0 Å². The highest BCUT2D eigenvalue weighted by atomic mass is 35.5. The number of rotatable bonds is 9. The molecule has 0 heterocycles. The first-order valence-corrected chi connectivity index (χ1v) is 8.87. The van der Waals surface area contributed by atoms with E-state index in [1.54, 1.807) is 4.90 Å². The highest BCUT2D eigenvalue weighted by molar-refractivity contribution is 6.40. The first-order chi connectivity index (χ1) is 12.0. The third-order valence-corrected chi connectivity index (χ3v) is 4.06. The summed E-state index contributed by atoms with van der Waals surface area (Å²) in [6.07, 6.45) is 3.64. The molecule has 7 heteroatoms. The number of halogens is 1. The SMILES string of the molecule is CCCCN(CCCC)C(=O)C(=O)Nc1cc(OC)c(Cl)cc1OC. The van der Waals surface area contributed by atoms with Crippen molar-refractivity contribution in [3.05, 3.63) is 17.2 Å². The minimum atomic E-state index is -0.699. The second kappa shape index (κ2) is 10.8. The quantitative estimate of drug-likeness (QED) is 0.672. The molecule has 0 aromatic heterocycles. The number of nitrogens with one attached hydrogen (secondary N) is 1. The summed E-state index contributed by atoms with van der Waals surface area (Å²) in [5, 5.41) is 2.96. The molecule has 1 aromatic rings. The Bertz CT molecular complexity index is 585. The van der Waals surface area contributed by atoms with Crippen LogP contribution in [-0.4, -0.2) is 44.0 Å². The number of unbranched alkanes of at least 4 members (excludes halogenated alkanes) is 2. The molecule has 0 saturated carbocycles. The molecule has 0 aliphatic carbocycles. The zero-order valence-electron chi connectivity index (χ0n) is 15.4. The average molecular weight is 371 g/mol. The summed E-state index contributed by atoms with van der Waals surface area (Å²) in [4.78, 5) is 26.5. The highest BCUT2D eigenvalue weighted by Crippen LogP contribution is 2.35. The maximum atomic E-state index is 12.5. The topological polar surface area (TPSA) is 67.9 Å². The number of methoxy groups -OCH3 is 2. The van der Waals surface area contributed by atoms with Crippen molar-refractivity contribution in [2.24, 2.45) is 0 Å². The maximum absolute atomic E-state index is 12.5. The smallest absolute Gasteiger partial charge is 0.314 e. The molecular weight excluding hydrogens is 344 g/mol. The van der Waals surface area contributed by atoms with Crippen LogP contribution in [0, 0.1) is 0 Å². The lowest BCUT2D eigenvalue weighted by molar-refractivity contribution is -0.143. The molecule has 2 amide bonds.